The van der Waals surface area contributed by atoms with Gasteiger partial charge in [0.1, 0.15) is 0 Å². The lowest BCUT2D eigenvalue weighted by Gasteiger charge is -2.35. The number of urea groups is 1. The van der Waals surface area contributed by atoms with Crippen molar-refractivity contribution >= 4 is 6.03 Å². The largest absolute Gasteiger partial charge is 0.379 e. The van der Waals surface area contributed by atoms with Gasteiger partial charge in [0.25, 0.3) is 0 Å². The Hall–Kier alpha value is -1.66. The van der Waals surface area contributed by atoms with Crippen LogP contribution >= 0.6 is 0 Å². The molecule has 0 aliphatic carbocycles. The number of amides is 2. The van der Waals surface area contributed by atoms with E-state index in [4.69, 9.17) is 9.47 Å². The predicted octanol–water partition coefficient (Wildman–Crippen LogP) is 1.95. The van der Waals surface area contributed by atoms with E-state index < -0.39 is 0 Å². The molecule has 0 bridgehead atoms. The standard InChI is InChI=1S/C17H25N3O3/c1-2-22-12-14-5-6-15-16(23-14)7-9-20(15)17(21)19-11-13-4-3-8-18-10-13/h3-4,8,10,14-16H,2,5-7,9,11-12H2,1H3,(H,19,21)/t14-,15-,16-/m0/s1. The number of pyridine rings is 1. The van der Waals surface area contributed by atoms with Crippen molar-refractivity contribution in [3.63, 3.8) is 0 Å². The molecule has 0 aromatic carbocycles. The maximum atomic E-state index is 12.4. The third-order valence-corrected chi connectivity index (χ3v) is 4.57. The molecule has 0 spiro atoms. The van der Waals surface area contributed by atoms with Crippen LogP contribution in [0, 0.1) is 0 Å². The van der Waals surface area contributed by atoms with Gasteiger partial charge in [0.2, 0.25) is 0 Å². The van der Waals surface area contributed by atoms with Crippen molar-refractivity contribution in [2.45, 2.75) is 51.0 Å². The molecule has 3 atom stereocenters. The third-order valence-electron chi connectivity index (χ3n) is 4.57. The number of carbonyl (C=O) groups is 1. The number of carbonyl (C=O) groups excluding carboxylic acids is 1. The van der Waals surface area contributed by atoms with Gasteiger partial charge in [-0.2, -0.15) is 0 Å². The summed E-state index contributed by atoms with van der Waals surface area (Å²) < 4.78 is 11.6. The molecule has 1 aromatic rings. The molecule has 6 nitrogen and oxygen atoms in total. The fraction of sp³-hybridized carbons (Fsp3) is 0.647. The Morgan fingerprint density at radius 1 is 1.48 bits per heavy atom. The highest BCUT2D eigenvalue weighted by atomic mass is 16.5. The molecule has 0 unspecified atom stereocenters. The van der Waals surface area contributed by atoms with Crippen molar-refractivity contribution in [1.29, 1.82) is 0 Å². The molecule has 2 aliphatic rings. The molecule has 1 N–H and O–H groups in total. The summed E-state index contributed by atoms with van der Waals surface area (Å²) in [6, 6.07) is 4.03. The van der Waals surface area contributed by atoms with Gasteiger partial charge in [-0.25, -0.2) is 4.79 Å². The highest BCUT2D eigenvalue weighted by Gasteiger charge is 2.41. The first-order valence-corrected chi connectivity index (χ1v) is 8.44. The maximum absolute atomic E-state index is 12.4. The van der Waals surface area contributed by atoms with Crippen molar-refractivity contribution < 1.29 is 14.3 Å². The summed E-state index contributed by atoms with van der Waals surface area (Å²) >= 11 is 0. The average Bonchev–Trinajstić information content (AvgIpc) is 3.02. The molecule has 2 amide bonds. The summed E-state index contributed by atoms with van der Waals surface area (Å²) in [6.45, 7) is 4.64. The summed E-state index contributed by atoms with van der Waals surface area (Å²) in [4.78, 5) is 18.4. The minimum absolute atomic E-state index is 0.00629. The number of hydrogen-bond donors (Lipinski definition) is 1. The van der Waals surface area contributed by atoms with Gasteiger partial charge in [0.05, 0.1) is 24.9 Å². The van der Waals surface area contributed by atoms with Gasteiger partial charge in [-0.05, 0) is 37.8 Å². The van der Waals surface area contributed by atoms with Crippen LogP contribution in [-0.4, -0.2) is 53.9 Å². The number of nitrogens with one attached hydrogen (secondary N) is 1. The molecule has 2 saturated heterocycles. The monoisotopic (exact) mass is 319 g/mol. The second kappa shape index (κ2) is 7.75. The molecule has 23 heavy (non-hydrogen) atoms. The Morgan fingerprint density at radius 2 is 2.39 bits per heavy atom. The zero-order valence-electron chi connectivity index (χ0n) is 13.6. The molecule has 3 heterocycles. The van der Waals surface area contributed by atoms with E-state index in [1.807, 2.05) is 24.0 Å². The number of nitrogens with zero attached hydrogens (tertiary/aromatic N) is 2. The number of fused-ring (bicyclic) bond motifs is 1. The molecule has 1 aromatic heterocycles. The number of hydrogen-bond acceptors (Lipinski definition) is 4. The smallest absolute Gasteiger partial charge is 0.318 e. The highest BCUT2D eigenvalue weighted by Crippen LogP contribution is 2.31. The molecule has 3 rings (SSSR count). The first-order valence-electron chi connectivity index (χ1n) is 8.44. The number of likely N-dealkylation sites (tertiary alicyclic amines) is 1. The van der Waals surface area contributed by atoms with Crippen LogP contribution in [-0.2, 0) is 16.0 Å². The Balaban J connectivity index is 1.49. The minimum Gasteiger partial charge on any atom is -0.379 e. The minimum atomic E-state index is -0.00629. The lowest BCUT2D eigenvalue weighted by atomic mass is 9.99. The van der Waals surface area contributed by atoms with Crippen LogP contribution in [0.2, 0.25) is 0 Å². The van der Waals surface area contributed by atoms with Crippen LogP contribution in [0.1, 0.15) is 31.7 Å². The highest BCUT2D eigenvalue weighted by molar-refractivity contribution is 5.75. The first-order chi connectivity index (χ1) is 11.3. The molecule has 0 radical (unpaired) electrons. The van der Waals surface area contributed by atoms with E-state index in [-0.39, 0.29) is 24.3 Å². The van der Waals surface area contributed by atoms with Crippen LogP contribution in [0.4, 0.5) is 4.79 Å². The molecular weight excluding hydrogens is 294 g/mol. The van der Waals surface area contributed by atoms with E-state index in [9.17, 15) is 4.79 Å². The molecular formula is C17H25N3O3. The van der Waals surface area contributed by atoms with Crippen LogP contribution < -0.4 is 5.32 Å². The average molecular weight is 319 g/mol. The van der Waals surface area contributed by atoms with Crippen molar-refractivity contribution in [1.82, 2.24) is 15.2 Å². The lowest BCUT2D eigenvalue weighted by molar-refractivity contribution is -0.0945. The van der Waals surface area contributed by atoms with E-state index in [0.717, 1.165) is 38.0 Å². The van der Waals surface area contributed by atoms with Gasteiger partial charge in [0, 0.05) is 32.1 Å². The molecule has 0 saturated carbocycles. The van der Waals surface area contributed by atoms with Gasteiger partial charge in [-0.1, -0.05) is 6.07 Å². The second-order valence-electron chi connectivity index (χ2n) is 6.10. The maximum Gasteiger partial charge on any atom is 0.318 e. The number of ether oxygens (including phenoxy) is 2. The summed E-state index contributed by atoms with van der Waals surface area (Å²) in [7, 11) is 0. The van der Waals surface area contributed by atoms with Crippen molar-refractivity contribution in [2.75, 3.05) is 19.8 Å². The van der Waals surface area contributed by atoms with E-state index in [0.29, 0.717) is 13.2 Å². The topological polar surface area (TPSA) is 63.7 Å². The zero-order chi connectivity index (χ0) is 16.1. The van der Waals surface area contributed by atoms with E-state index in [1.165, 1.54) is 0 Å². The fourth-order valence-electron chi connectivity index (χ4n) is 3.40. The molecule has 2 aliphatic heterocycles. The van der Waals surface area contributed by atoms with Crippen LogP contribution in [0.15, 0.2) is 24.5 Å². The number of aromatic nitrogens is 1. The number of rotatable bonds is 5. The first kappa shape index (κ1) is 16.2. The predicted molar refractivity (Wildman–Crippen MR) is 86.0 cm³/mol. The SMILES string of the molecule is CCOC[C@@H]1CC[C@H]2[C@H](CCN2C(=O)NCc2cccnc2)O1. The van der Waals surface area contributed by atoms with Gasteiger partial charge in [0.15, 0.2) is 0 Å². The van der Waals surface area contributed by atoms with Crippen LogP contribution in [0.5, 0.6) is 0 Å². The Morgan fingerprint density at radius 3 is 3.17 bits per heavy atom. The quantitative estimate of drug-likeness (QED) is 0.901. The van der Waals surface area contributed by atoms with Crippen molar-refractivity contribution in [3.05, 3.63) is 30.1 Å². The van der Waals surface area contributed by atoms with Gasteiger partial charge in [-0.15, -0.1) is 0 Å². The second-order valence-corrected chi connectivity index (χ2v) is 6.10. The van der Waals surface area contributed by atoms with Crippen LogP contribution in [0.3, 0.4) is 0 Å². The van der Waals surface area contributed by atoms with Gasteiger partial charge < -0.3 is 19.7 Å². The fourth-order valence-corrected chi connectivity index (χ4v) is 3.40. The Kier molecular flexibility index (Phi) is 5.46. The normalized spacial score (nSPS) is 26.8. The van der Waals surface area contributed by atoms with E-state index in [2.05, 4.69) is 10.3 Å². The summed E-state index contributed by atoms with van der Waals surface area (Å²) in [6.07, 6.45) is 6.68. The summed E-state index contributed by atoms with van der Waals surface area (Å²) in [5.41, 5.74) is 1.01. The van der Waals surface area contributed by atoms with E-state index >= 15 is 0 Å². The zero-order valence-corrected chi connectivity index (χ0v) is 13.6. The Labute approximate surface area is 137 Å². The summed E-state index contributed by atoms with van der Waals surface area (Å²) in [5, 5.41) is 2.99. The van der Waals surface area contributed by atoms with Gasteiger partial charge in [-0.3, -0.25) is 4.98 Å². The van der Waals surface area contributed by atoms with Crippen LogP contribution in [0.25, 0.3) is 0 Å². The molecule has 2 fully saturated rings. The van der Waals surface area contributed by atoms with Crippen molar-refractivity contribution in [3.8, 4) is 0 Å². The summed E-state index contributed by atoms with van der Waals surface area (Å²) in [5.74, 6) is 0. The Bertz CT molecular complexity index is 511. The molecule has 126 valence electrons. The molecule has 6 heteroatoms. The van der Waals surface area contributed by atoms with Gasteiger partial charge >= 0.3 is 6.03 Å². The van der Waals surface area contributed by atoms with Crippen molar-refractivity contribution in [2.24, 2.45) is 0 Å². The van der Waals surface area contributed by atoms with E-state index in [1.54, 1.807) is 12.4 Å². The third kappa shape index (κ3) is 4.00. The lowest BCUT2D eigenvalue weighted by Crippen LogP contribution is -2.48.